The van der Waals surface area contributed by atoms with Crippen LogP contribution in [-0.4, -0.2) is 12.6 Å². The van der Waals surface area contributed by atoms with Crippen LogP contribution in [0.3, 0.4) is 0 Å². The molecule has 2 nitrogen and oxygen atoms in total. The molecule has 3 heteroatoms. The monoisotopic (exact) mass is 775 g/mol. The lowest BCUT2D eigenvalue weighted by atomic mass is 9.87. The molecule has 10 aromatic rings. The van der Waals surface area contributed by atoms with Crippen LogP contribution in [0.2, 0.25) is 13.1 Å². The molecule has 59 heavy (non-hydrogen) atoms. The van der Waals surface area contributed by atoms with Crippen LogP contribution >= 0.6 is 0 Å². The van der Waals surface area contributed by atoms with Crippen molar-refractivity contribution < 1.29 is 6.85 Å². The van der Waals surface area contributed by atoms with Crippen molar-refractivity contribution in [1.29, 1.82) is 0 Å². The molecule has 9 aromatic carbocycles. The molecule has 11 rings (SSSR count). The predicted octanol–water partition coefficient (Wildman–Crippen LogP) is 14.1. The Bertz CT molecular complexity index is 3400. The second-order valence-corrected chi connectivity index (χ2v) is 20.1. The number of para-hydroxylation sites is 2. The van der Waals surface area contributed by atoms with Gasteiger partial charge in [-0.2, -0.15) is 0 Å². The summed E-state index contributed by atoms with van der Waals surface area (Å²) < 4.78 is 44.8. The van der Waals surface area contributed by atoms with Crippen molar-refractivity contribution in [3.8, 4) is 50.2 Å². The van der Waals surface area contributed by atoms with Crippen molar-refractivity contribution in [1.82, 2.24) is 4.57 Å². The highest BCUT2D eigenvalue weighted by Crippen LogP contribution is 2.44. The van der Waals surface area contributed by atoms with E-state index in [1.807, 2.05) is 24.3 Å². The Hall–Kier alpha value is -7.20. The minimum atomic E-state index is -2.32. The van der Waals surface area contributed by atoms with Crippen molar-refractivity contribution in [3.05, 3.63) is 218 Å². The summed E-state index contributed by atoms with van der Waals surface area (Å²) in [6.07, 6.45) is 0. The summed E-state index contributed by atoms with van der Waals surface area (Å²) in [6, 6.07) is 65.3. The van der Waals surface area contributed by atoms with Gasteiger partial charge in [0.05, 0.1) is 17.9 Å². The summed E-state index contributed by atoms with van der Waals surface area (Å²) in [6.45, 7) is 4.84. The largest absolute Gasteiger partial charge is 0.311 e. The van der Waals surface area contributed by atoms with Gasteiger partial charge in [0.25, 0.3) is 0 Å². The van der Waals surface area contributed by atoms with Crippen molar-refractivity contribution in [2.75, 3.05) is 4.90 Å². The van der Waals surface area contributed by atoms with Gasteiger partial charge in [-0.1, -0.05) is 177 Å². The third kappa shape index (κ3) is 5.77. The normalized spacial score (nSPS) is 14.2. The topological polar surface area (TPSA) is 8.17 Å². The molecule has 0 saturated heterocycles. The fourth-order valence-electron chi connectivity index (χ4n) is 9.29. The predicted molar refractivity (Wildman–Crippen MR) is 254 cm³/mol. The molecule has 0 spiro atoms. The maximum Gasteiger partial charge on any atom is 0.117 e. The number of anilines is 3. The summed E-state index contributed by atoms with van der Waals surface area (Å²) in [7, 11) is -2.32. The van der Waals surface area contributed by atoms with E-state index in [1.165, 1.54) is 49.0 Å². The third-order valence-corrected chi connectivity index (χ3v) is 15.6. The molecule has 2 heterocycles. The van der Waals surface area contributed by atoms with Crippen LogP contribution in [-0.2, 0) is 0 Å². The van der Waals surface area contributed by atoms with E-state index in [0.717, 1.165) is 39.3 Å². The summed E-state index contributed by atoms with van der Waals surface area (Å²) in [5, 5.41) is 4.94. The van der Waals surface area contributed by atoms with E-state index >= 15 is 0 Å². The average molecular weight is 776 g/mol. The number of benzene rings is 9. The van der Waals surface area contributed by atoms with Gasteiger partial charge in [0.2, 0.25) is 0 Å². The number of aromatic nitrogens is 1. The fraction of sp³-hybridized carbons (Fsp3) is 0.0357. The zero-order valence-electron chi connectivity index (χ0n) is 37.8. The lowest BCUT2D eigenvalue weighted by Crippen LogP contribution is -2.58. The average Bonchev–Trinajstić information content (AvgIpc) is 3.67. The maximum atomic E-state index is 8.74. The van der Waals surface area contributed by atoms with Gasteiger partial charge in [-0.05, 0) is 109 Å². The van der Waals surface area contributed by atoms with Crippen LogP contribution in [0.5, 0.6) is 0 Å². The quantitative estimate of drug-likeness (QED) is 0.153. The van der Waals surface area contributed by atoms with Gasteiger partial charge in [-0.3, -0.25) is 0 Å². The van der Waals surface area contributed by atoms with Gasteiger partial charge >= 0.3 is 0 Å². The summed E-state index contributed by atoms with van der Waals surface area (Å²) in [4.78, 5) is 2.28. The minimum Gasteiger partial charge on any atom is -0.311 e. The number of hydrogen-bond acceptors (Lipinski definition) is 1. The Morgan fingerprint density at radius 2 is 1.03 bits per heavy atom. The molecular weight excluding hydrogens is 729 g/mol. The number of rotatable bonds is 6. The van der Waals surface area contributed by atoms with E-state index < -0.39 is 14.1 Å². The van der Waals surface area contributed by atoms with Crippen LogP contribution in [0.25, 0.3) is 72.0 Å². The molecule has 1 aromatic heterocycles. The maximum absolute atomic E-state index is 8.74. The van der Waals surface area contributed by atoms with Crippen LogP contribution in [0.4, 0.5) is 17.1 Å². The van der Waals surface area contributed by atoms with E-state index in [2.05, 4.69) is 186 Å². The smallest absolute Gasteiger partial charge is 0.117 e. The Labute approximate surface area is 354 Å². The molecule has 0 bridgehead atoms. The van der Waals surface area contributed by atoms with E-state index in [9.17, 15) is 0 Å². The first-order chi connectivity index (χ1) is 31.1. The first-order valence-electron chi connectivity index (χ1n) is 22.6. The molecule has 0 atom stereocenters. The van der Waals surface area contributed by atoms with Gasteiger partial charge in [0.1, 0.15) is 8.07 Å². The Balaban J connectivity index is 1.10. The van der Waals surface area contributed by atoms with Gasteiger partial charge in [-0.15, -0.1) is 0 Å². The molecule has 0 fully saturated rings. The molecule has 0 saturated carbocycles. The van der Waals surface area contributed by atoms with Gasteiger partial charge in [-0.25, -0.2) is 0 Å². The van der Waals surface area contributed by atoms with Crippen molar-refractivity contribution in [2.24, 2.45) is 0 Å². The van der Waals surface area contributed by atoms with Crippen LogP contribution in [0.1, 0.15) is 6.85 Å². The van der Waals surface area contributed by atoms with Crippen molar-refractivity contribution in [3.63, 3.8) is 0 Å². The minimum absolute atomic E-state index is 0.192. The zero-order chi connectivity index (χ0) is 43.9. The lowest BCUT2D eigenvalue weighted by Gasteiger charge is -2.41. The molecule has 0 unspecified atom stereocenters. The second-order valence-electron chi connectivity index (χ2n) is 15.8. The molecule has 1 aliphatic rings. The Kier molecular flexibility index (Phi) is 7.12. The van der Waals surface area contributed by atoms with Gasteiger partial charge in [0, 0.05) is 33.5 Å². The van der Waals surface area contributed by atoms with Crippen LogP contribution < -0.4 is 15.3 Å². The highest BCUT2D eigenvalue weighted by Gasteiger charge is 2.39. The molecule has 0 aliphatic carbocycles. The molecular formula is C56H42N2Si. The standard InChI is InChI=1S/C56H42N2Si/c1-59(2)54-31-15-14-30-52(54)58(44-25-16-24-42(36-44)39-18-6-3-7-19-39)53-35-33-45(38-55(53)59)57-50-29-13-12-26-48(50)49-37-43(32-34-51(49)57)56-46(40-20-8-4-9-21-40)27-17-28-47(56)41-22-10-5-11-23-41/h3-38H,1-2H3/i3D,6D,7D,18D,19D. The molecule has 0 N–H and O–H groups in total. The number of nitrogens with zero attached hydrogens (tertiary/aromatic N) is 2. The van der Waals surface area contributed by atoms with E-state index in [1.54, 1.807) is 0 Å². The molecule has 0 amide bonds. The summed E-state index contributed by atoms with van der Waals surface area (Å²) in [5.41, 5.74) is 14.2. The molecule has 0 radical (unpaired) electrons. The van der Waals surface area contributed by atoms with E-state index in [0.29, 0.717) is 5.56 Å². The third-order valence-electron chi connectivity index (χ3n) is 12.1. The van der Waals surface area contributed by atoms with Crippen LogP contribution in [0, 0.1) is 0 Å². The highest BCUT2D eigenvalue weighted by atomic mass is 28.3. The Morgan fingerprint density at radius 1 is 0.407 bits per heavy atom. The highest BCUT2D eigenvalue weighted by molar-refractivity contribution is 7.02. The van der Waals surface area contributed by atoms with Crippen molar-refractivity contribution in [2.45, 2.75) is 13.1 Å². The van der Waals surface area contributed by atoms with E-state index in [4.69, 9.17) is 6.85 Å². The molecule has 1 aliphatic heterocycles. The second kappa shape index (κ2) is 14.0. The van der Waals surface area contributed by atoms with Crippen molar-refractivity contribution >= 4 is 57.3 Å². The summed E-state index contributed by atoms with van der Waals surface area (Å²) >= 11 is 0. The van der Waals surface area contributed by atoms with E-state index in [-0.39, 0.29) is 29.7 Å². The SMILES string of the molecule is [2H]c1c([2H])c([2H])c(-c2cccc(N3c4ccccc4[Si](C)(C)c4cc(-n5c6ccccc6c6cc(-c7c(-c8ccccc8)cccc7-c7ccccc7)ccc65)ccc43)c2)c([2H])c1[2H]. The fourth-order valence-corrected chi connectivity index (χ4v) is 12.3. The van der Waals surface area contributed by atoms with Gasteiger partial charge < -0.3 is 9.47 Å². The Morgan fingerprint density at radius 3 is 1.80 bits per heavy atom. The lowest BCUT2D eigenvalue weighted by molar-refractivity contribution is 1.18. The number of hydrogen-bond donors (Lipinski definition) is 0. The first kappa shape index (κ1) is 30.0. The first-order valence-corrected chi connectivity index (χ1v) is 23.1. The van der Waals surface area contributed by atoms with Crippen LogP contribution in [0.15, 0.2) is 218 Å². The number of fused-ring (bicyclic) bond motifs is 5. The zero-order valence-corrected chi connectivity index (χ0v) is 33.8. The van der Waals surface area contributed by atoms with Gasteiger partial charge in [0.15, 0.2) is 0 Å². The summed E-state index contributed by atoms with van der Waals surface area (Å²) in [5.74, 6) is 0. The molecule has 280 valence electrons.